The lowest BCUT2D eigenvalue weighted by Gasteiger charge is -2.30. The number of fused-ring (bicyclic) bond motifs is 1. The van der Waals surface area contributed by atoms with Gasteiger partial charge < -0.3 is 9.15 Å². The molecule has 0 aliphatic carbocycles. The first-order valence-corrected chi connectivity index (χ1v) is 7.52. The lowest BCUT2D eigenvalue weighted by Crippen LogP contribution is -2.34. The van der Waals surface area contributed by atoms with E-state index in [4.69, 9.17) is 14.3 Å². The summed E-state index contributed by atoms with van der Waals surface area (Å²) in [6.45, 7) is 8.44. The fraction of sp³-hybridized carbons (Fsp3) is 0.562. The molecule has 1 atom stereocenters. The maximum atomic E-state index is 5.70. The van der Waals surface area contributed by atoms with Gasteiger partial charge in [-0.05, 0) is 26.0 Å². The third-order valence-corrected chi connectivity index (χ3v) is 4.00. The first-order valence-electron chi connectivity index (χ1n) is 7.52. The van der Waals surface area contributed by atoms with Crippen LogP contribution < -0.4 is 0 Å². The van der Waals surface area contributed by atoms with Crippen molar-refractivity contribution in [3.8, 4) is 0 Å². The van der Waals surface area contributed by atoms with Crippen molar-refractivity contribution in [2.24, 2.45) is 0 Å². The number of methoxy groups -OCH3 is 1. The standard InChI is InChI=1S/C16H23N3O2/c1-4-19-9-13-7-18(10-15-6-5-12(2)21-15)8-14(11-20-3)16(13)17-19/h5-6,9,14H,4,7-8,10-11H2,1-3H3/t14-/m1/s1. The minimum Gasteiger partial charge on any atom is -0.465 e. The van der Waals surface area contributed by atoms with Gasteiger partial charge in [0.2, 0.25) is 0 Å². The number of ether oxygens (including phenoxy) is 1. The van der Waals surface area contributed by atoms with Gasteiger partial charge in [0.1, 0.15) is 11.5 Å². The summed E-state index contributed by atoms with van der Waals surface area (Å²) in [7, 11) is 1.76. The first-order chi connectivity index (χ1) is 10.2. The summed E-state index contributed by atoms with van der Waals surface area (Å²) in [5.74, 6) is 2.33. The van der Waals surface area contributed by atoms with Crippen LogP contribution in [0.5, 0.6) is 0 Å². The molecule has 5 heteroatoms. The molecular weight excluding hydrogens is 266 g/mol. The molecule has 0 unspecified atom stereocenters. The second-order valence-electron chi connectivity index (χ2n) is 5.73. The summed E-state index contributed by atoms with van der Waals surface area (Å²) in [4.78, 5) is 2.41. The highest BCUT2D eigenvalue weighted by Crippen LogP contribution is 2.28. The molecule has 0 saturated carbocycles. The zero-order chi connectivity index (χ0) is 14.8. The SMILES string of the molecule is CCn1cc2c(n1)[C@@H](COC)CN(Cc1ccc(C)o1)C2. The summed E-state index contributed by atoms with van der Waals surface area (Å²) >= 11 is 0. The van der Waals surface area contributed by atoms with E-state index in [9.17, 15) is 0 Å². The Kier molecular flexibility index (Phi) is 4.12. The number of rotatable bonds is 5. The quantitative estimate of drug-likeness (QED) is 0.848. The number of hydrogen-bond acceptors (Lipinski definition) is 4. The molecule has 0 aromatic carbocycles. The van der Waals surface area contributed by atoms with Gasteiger partial charge in [0.05, 0.1) is 18.8 Å². The van der Waals surface area contributed by atoms with E-state index < -0.39 is 0 Å². The summed E-state index contributed by atoms with van der Waals surface area (Å²) in [5.41, 5.74) is 2.51. The Morgan fingerprint density at radius 3 is 2.95 bits per heavy atom. The molecule has 5 nitrogen and oxygen atoms in total. The highest BCUT2D eigenvalue weighted by molar-refractivity contribution is 5.25. The van der Waals surface area contributed by atoms with E-state index in [1.807, 2.05) is 17.7 Å². The van der Waals surface area contributed by atoms with Crippen molar-refractivity contribution < 1.29 is 9.15 Å². The van der Waals surface area contributed by atoms with E-state index >= 15 is 0 Å². The van der Waals surface area contributed by atoms with Gasteiger partial charge >= 0.3 is 0 Å². The predicted molar refractivity (Wildman–Crippen MR) is 80.1 cm³/mol. The number of furan rings is 1. The number of aryl methyl sites for hydroxylation is 2. The van der Waals surface area contributed by atoms with Crippen LogP contribution in [0.2, 0.25) is 0 Å². The first kappa shape index (κ1) is 14.4. The molecule has 1 aliphatic heterocycles. The third kappa shape index (κ3) is 3.04. The molecule has 0 N–H and O–H groups in total. The Morgan fingerprint density at radius 2 is 2.29 bits per heavy atom. The van der Waals surface area contributed by atoms with E-state index in [1.165, 1.54) is 11.3 Å². The van der Waals surface area contributed by atoms with Crippen molar-refractivity contribution in [3.05, 3.63) is 41.1 Å². The van der Waals surface area contributed by atoms with Crippen molar-refractivity contribution in [1.82, 2.24) is 14.7 Å². The van der Waals surface area contributed by atoms with E-state index in [0.717, 1.165) is 37.7 Å². The molecule has 3 heterocycles. The average Bonchev–Trinajstić information content (AvgIpc) is 3.05. The monoisotopic (exact) mass is 289 g/mol. The summed E-state index contributed by atoms with van der Waals surface area (Å²) < 4.78 is 13.1. The average molecular weight is 289 g/mol. The van der Waals surface area contributed by atoms with Crippen LogP contribution in [0.1, 0.15) is 35.6 Å². The van der Waals surface area contributed by atoms with E-state index in [-0.39, 0.29) is 0 Å². The van der Waals surface area contributed by atoms with Crippen molar-refractivity contribution in [3.63, 3.8) is 0 Å². The van der Waals surface area contributed by atoms with E-state index in [0.29, 0.717) is 12.5 Å². The summed E-state index contributed by atoms with van der Waals surface area (Å²) in [6, 6.07) is 4.08. The van der Waals surface area contributed by atoms with Gasteiger partial charge in [-0.15, -0.1) is 0 Å². The molecule has 2 aromatic rings. The molecule has 114 valence electrons. The topological polar surface area (TPSA) is 43.4 Å². The van der Waals surface area contributed by atoms with Gasteiger partial charge in [-0.25, -0.2) is 0 Å². The van der Waals surface area contributed by atoms with Gasteiger partial charge in [-0.1, -0.05) is 0 Å². The fourth-order valence-electron chi connectivity index (χ4n) is 3.05. The number of hydrogen-bond donors (Lipinski definition) is 0. The lowest BCUT2D eigenvalue weighted by atomic mass is 9.97. The van der Waals surface area contributed by atoms with Crippen LogP contribution in [0.15, 0.2) is 22.7 Å². The molecule has 0 bridgehead atoms. The van der Waals surface area contributed by atoms with Crippen molar-refractivity contribution >= 4 is 0 Å². The van der Waals surface area contributed by atoms with Crippen LogP contribution in [0.4, 0.5) is 0 Å². The smallest absolute Gasteiger partial charge is 0.118 e. The normalized spacial score (nSPS) is 18.9. The van der Waals surface area contributed by atoms with Gasteiger partial charge in [0, 0.05) is 44.4 Å². The largest absolute Gasteiger partial charge is 0.465 e. The van der Waals surface area contributed by atoms with Gasteiger partial charge in [0.25, 0.3) is 0 Å². The lowest BCUT2D eigenvalue weighted by molar-refractivity contribution is 0.130. The van der Waals surface area contributed by atoms with Gasteiger partial charge in [-0.3, -0.25) is 9.58 Å². The second kappa shape index (κ2) is 6.03. The van der Waals surface area contributed by atoms with Crippen molar-refractivity contribution in [1.29, 1.82) is 0 Å². The highest BCUT2D eigenvalue weighted by atomic mass is 16.5. The van der Waals surface area contributed by atoms with Crippen LogP contribution in [0, 0.1) is 6.92 Å². The van der Waals surface area contributed by atoms with Crippen LogP contribution in [0.25, 0.3) is 0 Å². The Bertz CT molecular complexity index is 602. The molecule has 21 heavy (non-hydrogen) atoms. The van der Waals surface area contributed by atoms with Crippen molar-refractivity contribution in [2.75, 3.05) is 20.3 Å². The Labute approximate surface area is 125 Å². The Balaban J connectivity index is 1.79. The van der Waals surface area contributed by atoms with Crippen LogP contribution >= 0.6 is 0 Å². The third-order valence-electron chi connectivity index (χ3n) is 4.00. The van der Waals surface area contributed by atoms with Crippen LogP contribution in [-0.2, 0) is 24.4 Å². The Morgan fingerprint density at radius 1 is 1.43 bits per heavy atom. The zero-order valence-electron chi connectivity index (χ0n) is 13.0. The van der Waals surface area contributed by atoms with E-state index in [1.54, 1.807) is 7.11 Å². The minimum absolute atomic E-state index is 0.336. The molecule has 0 saturated heterocycles. The molecule has 3 rings (SSSR count). The minimum atomic E-state index is 0.336. The predicted octanol–water partition coefficient (Wildman–Crippen LogP) is 2.55. The number of nitrogens with zero attached hydrogens (tertiary/aromatic N) is 3. The molecule has 0 amide bonds. The van der Waals surface area contributed by atoms with Gasteiger partial charge in [0.15, 0.2) is 0 Å². The van der Waals surface area contributed by atoms with Crippen LogP contribution in [0.3, 0.4) is 0 Å². The van der Waals surface area contributed by atoms with Crippen molar-refractivity contribution in [2.45, 2.75) is 39.4 Å². The highest BCUT2D eigenvalue weighted by Gasteiger charge is 2.28. The second-order valence-corrected chi connectivity index (χ2v) is 5.73. The summed E-state index contributed by atoms with van der Waals surface area (Å²) in [6.07, 6.45) is 2.16. The molecular formula is C16H23N3O2. The molecule has 0 spiro atoms. The zero-order valence-corrected chi connectivity index (χ0v) is 13.0. The molecule has 0 fully saturated rings. The maximum Gasteiger partial charge on any atom is 0.118 e. The molecule has 2 aromatic heterocycles. The van der Waals surface area contributed by atoms with E-state index in [2.05, 4.69) is 24.1 Å². The molecule has 0 radical (unpaired) electrons. The Hall–Kier alpha value is -1.59. The number of aromatic nitrogens is 2. The maximum absolute atomic E-state index is 5.70. The fourth-order valence-corrected chi connectivity index (χ4v) is 3.05. The van der Waals surface area contributed by atoms with Crippen LogP contribution in [-0.4, -0.2) is 34.9 Å². The molecule has 1 aliphatic rings. The van der Waals surface area contributed by atoms with Gasteiger partial charge in [-0.2, -0.15) is 5.10 Å². The summed E-state index contributed by atoms with van der Waals surface area (Å²) in [5, 5.41) is 4.70.